The molecule has 2 aliphatic rings. The Kier molecular flexibility index (Phi) is 11.5. The van der Waals surface area contributed by atoms with Gasteiger partial charge in [-0.2, -0.15) is 0 Å². The SMILES string of the molecule is CSc1cccc(N(CC(C)(C)C)C(=O)c2ccc(CCO)cc2N2CCC(COc3cc(C(CC(=O)O)C4CC4)ccn3)CC2)n1. The Bertz CT molecular complexity index is 1530. The summed E-state index contributed by atoms with van der Waals surface area (Å²) >= 11 is 1.55. The Morgan fingerprint density at radius 1 is 1.09 bits per heavy atom. The van der Waals surface area contributed by atoms with Gasteiger partial charge in [-0.15, -0.1) is 11.8 Å². The monoisotopic (exact) mass is 660 g/mol. The summed E-state index contributed by atoms with van der Waals surface area (Å²) < 4.78 is 6.17. The molecule has 0 spiro atoms. The molecule has 3 aromatic rings. The number of aromatic nitrogens is 2. The van der Waals surface area contributed by atoms with E-state index >= 15 is 0 Å². The number of piperidine rings is 1. The number of amides is 1. The average molecular weight is 661 g/mol. The maximum Gasteiger partial charge on any atom is 0.303 e. The zero-order chi connectivity index (χ0) is 33.6. The van der Waals surface area contributed by atoms with Gasteiger partial charge >= 0.3 is 5.97 Å². The smallest absolute Gasteiger partial charge is 0.303 e. The van der Waals surface area contributed by atoms with E-state index < -0.39 is 5.97 Å². The highest BCUT2D eigenvalue weighted by Gasteiger charge is 2.34. The van der Waals surface area contributed by atoms with E-state index in [0.29, 0.717) is 48.7 Å². The van der Waals surface area contributed by atoms with Gasteiger partial charge in [0.05, 0.1) is 23.6 Å². The van der Waals surface area contributed by atoms with Crippen LogP contribution in [0, 0.1) is 17.3 Å². The summed E-state index contributed by atoms with van der Waals surface area (Å²) in [7, 11) is 0. The van der Waals surface area contributed by atoms with Crippen LogP contribution in [0.4, 0.5) is 11.5 Å². The molecule has 2 aromatic heterocycles. The van der Waals surface area contributed by atoms with Gasteiger partial charge in [-0.1, -0.05) is 32.9 Å². The topological polar surface area (TPSA) is 116 Å². The summed E-state index contributed by atoms with van der Waals surface area (Å²) in [6, 6.07) is 15.5. The van der Waals surface area contributed by atoms with Crippen molar-refractivity contribution >= 4 is 35.1 Å². The van der Waals surface area contributed by atoms with Crippen molar-refractivity contribution < 1.29 is 24.5 Å². The Hall–Kier alpha value is -3.63. The molecule has 10 heteroatoms. The molecule has 0 bridgehead atoms. The molecule has 1 amide bonds. The number of thioether (sulfide) groups is 1. The van der Waals surface area contributed by atoms with Crippen LogP contribution in [-0.4, -0.2) is 71.2 Å². The van der Waals surface area contributed by atoms with E-state index in [0.717, 1.165) is 60.6 Å². The number of carboxylic acids is 1. The molecule has 2 N–H and O–H groups in total. The first-order valence-electron chi connectivity index (χ1n) is 16.7. The minimum absolute atomic E-state index is 0.00386. The van der Waals surface area contributed by atoms with E-state index in [1.165, 1.54) is 0 Å². The van der Waals surface area contributed by atoms with Gasteiger partial charge in [-0.05, 0) is 103 Å². The number of carboxylic acid groups (broad SMARTS) is 1. The quantitative estimate of drug-likeness (QED) is 0.183. The number of anilines is 2. The normalized spacial score (nSPS) is 16.1. The fraction of sp³-hybridized carbons (Fsp3) is 0.514. The third-order valence-corrected chi connectivity index (χ3v) is 9.61. The maximum atomic E-state index is 14.4. The number of benzene rings is 1. The fourth-order valence-electron chi connectivity index (χ4n) is 6.37. The van der Waals surface area contributed by atoms with Crippen LogP contribution in [0.3, 0.4) is 0 Å². The molecule has 0 radical (unpaired) electrons. The minimum atomic E-state index is -0.775. The van der Waals surface area contributed by atoms with Crippen molar-refractivity contribution in [2.45, 2.75) is 70.2 Å². The zero-order valence-electron chi connectivity index (χ0n) is 28.0. The molecule has 1 atom stereocenters. The molecule has 2 fully saturated rings. The number of ether oxygens (including phenoxy) is 1. The van der Waals surface area contributed by atoms with Crippen molar-refractivity contribution in [1.29, 1.82) is 0 Å². The van der Waals surface area contributed by atoms with Crippen LogP contribution in [0.15, 0.2) is 59.8 Å². The second kappa shape index (κ2) is 15.5. The third-order valence-electron chi connectivity index (χ3n) is 8.96. The molecule has 9 nitrogen and oxygen atoms in total. The summed E-state index contributed by atoms with van der Waals surface area (Å²) in [5.74, 6) is 1.08. The van der Waals surface area contributed by atoms with E-state index in [2.05, 4.69) is 36.7 Å². The molecule has 1 saturated heterocycles. The van der Waals surface area contributed by atoms with Gasteiger partial charge in [0.2, 0.25) is 5.88 Å². The van der Waals surface area contributed by atoms with Crippen LogP contribution in [-0.2, 0) is 11.2 Å². The van der Waals surface area contributed by atoms with Crippen molar-refractivity contribution in [3.63, 3.8) is 0 Å². The summed E-state index contributed by atoms with van der Waals surface area (Å²) in [6.45, 7) is 9.00. The van der Waals surface area contributed by atoms with Crippen LogP contribution in [0.5, 0.6) is 5.88 Å². The van der Waals surface area contributed by atoms with E-state index in [1.807, 2.05) is 48.7 Å². The van der Waals surface area contributed by atoms with Gasteiger partial charge in [0.1, 0.15) is 5.82 Å². The Balaban J connectivity index is 1.30. The van der Waals surface area contributed by atoms with Crippen LogP contribution in [0.1, 0.15) is 80.3 Å². The lowest BCUT2D eigenvalue weighted by atomic mass is 9.92. The van der Waals surface area contributed by atoms with Gasteiger partial charge in [0.15, 0.2) is 0 Å². The van der Waals surface area contributed by atoms with E-state index in [-0.39, 0.29) is 30.3 Å². The highest BCUT2D eigenvalue weighted by Crippen LogP contribution is 2.45. The lowest BCUT2D eigenvalue weighted by Gasteiger charge is -2.36. The molecule has 1 saturated carbocycles. The summed E-state index contributed by atoms with van der Waals surface area (Å²) in [4.78, 5) is 39.2. The lowest BCUT2D eigenvalue weighted by Crippen LogP contribution is -2.41. The molecule has 5 rings (SSSR count). The van der Waals surface area contributed by atoms with Gasteiger partial charge < -0.3 is 19.8 Å². The number of hydrogen-bond acceptors (Lipinski definition) is 8. The van der Waals surface area contributed by atoms with Crippen molar-refractivity contribution in [3.05, 3.63) is 71.4 Å². The van der Waals surface area contributed by atoms with Crippen LogP contribution < -0.4 is 14.5 Å². The van der Waals surface area contributed by atoms with Crippen molar-refractivity contribution in [1.82, 2.24) is 9.97 Å². The summed E-state index contributed by atoms with van der Waals surface area (Å²) in [5, 5.41) is 20.0. The number of aliphatic hydroxyl groups is 1. The predicted molar refractivity (Wildman–Crippen MR) is 187 cm³/mol. The predicted octanol–water partition coefficient (Wildman–Crippen LogP) is 6.69. The standard InChI is InChI=1S/C37H48N4O5S/c1-37(2,3)24-41(32-6-5-7-34(39-32)47-4)36(45)29-11-8-25(15-19-42)20-31(29)40-17-13-26(14-18-40)23-46-33-21-28(12-16-38-33)30(22-35(43)44)27-9-10-27/h5-8,11-12,16,20-21,26-27,30,42H,9-10,13-15,17-19,22-24H2,1-4H3,(H,43,44). The number of hydrogen-bond donors (Lipinski definition) is 2. The molecule has 1 aliphatic carbocycles. The number of nitrogens with zero attached hydrogens (tertiary/aromatic N) is 4. The van der Waals surface area contributed by atoms with E-state index in [9.17, 15) is 19.8 Å². The number of aliphatic hydroxyl groups excluding tert-OH is 1. The minimum Gasteiger partial charge on any atom is -0.481 e. The van der Waals surface area contributed by atoms with Gasteiger partial charge in [-0.25, -0.2) is 9.97 Å². The summed E-state index contributed by atoms with van der Waals surface area (Å²) in [6.07, 6.45) is 8.28. The largest absolute Gasteiger partial charge is 0.481 e. The maximum absolute atomic E-state index is 14.4. The molecule has 47 heavy (non-hydrogen) atoms. The van der Waals surface area contributed by atoms with Crippen molar-refractivity contribution in [2.24, 2.45) is 17.3 Å². The van der Waals surface area contributed by atoms with Gasteiger partial charge in [0.25, 0.3) is 5.91 Å². The Labute approximate surface area is 282 Å². The van der Waals surface area contributed by atoms with Crippen molar-refractivity contribution in [3.8, 4) is 5.88 Å². The second-order valence-corrected chi connectivity index (χ2v) is 14.9. The van der Waals surface area contributed by atoms with Crippen molar-refractivity contribution in [2.75, 3.05) is 48.9 Å². The number of aliphatic carboxylic acids is 1. The van der Waals surface area contributed by atoms with E-state index in [4.69, 9.17) is 9.72 Å². The molecule has 1 unspecified atom stereocenters. The Morgan fingerprint density at radius 3 is 2.51 bits per heavy atom. The van der Waals surface area contributed by atoms with Crippen LogP contribution >= 0.6 is 11.8 Å². The third kappa shape index (κ3) is 9.47. The van der Waals surface area contributed by atoms with Crippen LogP contribution in [0.25, 0.3) is 0 Å². The Morgan fingerprint density at radius 2 is 1.85 bits per heavy atom. The van der Waals surface area contributed by atoms with E-state index in [1.54, 1.807) is 22.9 Å². The number of rotatable bonds is 14. The highest BCUT2D eigenvalue weighted by molar-refractivity contribution is 7.98. The molecule has 1 aliphatic heterocycles. The van der Waals surface area contributed by atoms with Crippen LogP contribution in [0.2, 0.25) is 0 Å². The molecule has 3 heterocycles. The first-order chi connectivity index (χ1) is 22.5. The lowest BCUT2D eigenvalue weighted by molar-refractivity contribution is -0.137. The number of pyridine rings is 2. The first kappa shape index (κ1) is 34.7. The second-order valence-electron chi connectivity index (χ2n) is 14.0. The van der Waals surface area contributed by atoms with Gasteiger partial charge in [-0.3, -0.25) is 14.5 Å². The molecule has 1 aromatic carbocycles. The number of carbonyl (C=O) groups excluding carboxylic acids is 1. The molecule has 252 valence electrons. The fourth-order valence-corrected chi connectivity index (χ4v) is 6.77. The highest BCUT2D eigenvalue weighted by atomic mass is 32.2. The average Bonchev–Trinajstić information content (AvgIpc) is 3.91. The first-order valence-corrected chi connectivity index (χ1v) is 17.9. The summed E-state index contributed by atoms with van der Waals surface area (Å²) in [5.41, 5.74) is 3.36. The molecular weight excluding hydrogens is 612 g/mol. The van der Waals surface area contributed by atoms with Gasteiger partial charge in [0, 0.05) is 44.2 Å². The number of carbonyl (C=O) groups is 2. The zero-order valence-corrected chi connectivity index (χ0v) is 28.8. The molecular formula is C37H48N4O5S.